The summed E-state index contributed by atoms with van der Waals surface area (Å²) in [6, 6.07) is 7.76. The second-order valence-corrected chi connectivity index (χ2v) is 5.95. The van der Waals surface area contributed by atoms with Crippen LogP contribution in [0.15, 0.2) is 24.3 Å². The van der Waals surface area contributed by atoms with Crippen molar-refractivity contribution < 1.29 is 9.53 Å². The topological polar surface area (TPSA) is 52.3 Å². The van der Waals surface area contributed by atoms with E-state index in [1.54, 1.807) is 11.8 Å². The molecule has 0 aliphatic heterocycles. The smallest absolute Gasteiger partial charge is 0.318 e. The maximum atomic E-state index is 11.6. The Labute approximate surface area is 123 Å². The summed E-state index contributed by atoms with van der Waals surface area (Å²) in [6.07, 6.45) is 0.846. The van der Waals surface area contributed by atoms with E-state index in [2.05, 4.69) is 0 Å². The zero-order valence-corrected chi connectivity index (χ0v) is 12.9. The second-order valence-electron chi connectivity index (χ2n) is 4.19. The molecule has 0 fully saturated rings. The first-order chi connectivity index (χ1) is 9.04. The number of ether oxygens (including phenoxy) is 1. The van der Waals surface area contributed by atoms with Gasteiger partial charge >= 0.3 is 5.97 Å². The van der Waals surface area contributed by atoms with E-state index >= 15 is 0 Å². The highest BCUT2D eigenvalue weighted by Gasteiger charge is 2.14. The molecule has 1 atom stereocenters. The van der Waals surface area contributed by atoms with Gasteiger partial charge < -0.3 is 10.5 Å². The Bertz CT molecular complexity index is 449. The van der Waals surface area contributed by atoms with Gasteiger partial charge in [-0.1, -0.05) is 37.3 Å². The van der Waals surface area contributed by atoms with E-state index in [4.69, 9.17) is 22.7 Å². The number of rotatable bonds is 7. The molecule has 19 heavy (non-hydrogen) atoms. The Balaban J connectivity index is 2.50. The minimum Gasteiger partial charge on any atom is -0.465 e. The highest BCUT2D eigenvalue weighted by Crippen LogP contribution is 2.19. The van der Waals surface area contributed by atoms with Crippen molar-refractivity contribution in [2.45, 2.75) is 31.3 Å². The van der Waals surface area contributed by atoms with Crippen LogP contribution in [0.5, 0.6) is 0 Å². The highest BCUT2D eigenvalue weighted by atomic mass is 32.2. The van der Waals surface area contributed by atoms with E-state index in [0.29, 0.717) is 11.6 Å². The summed E-state index contributed by atoms with van der Waals surface area (Å²) in [5.74, 6) is 0.580. The Morgan fingerprint density at radius 1 is 1.53 bits per heavy atom. The van der Waals surface area contributed by atoms with Crippen molar-refractivity contribution in [1.82, 2.24) is 0 Å². The average molecular weight is 297 g/mol. The first-order valence-electron chi connectivity index (χ1n) is 6.21. The third-order valence-electron chi connectivity index (χ3n) is 2.49. The fraction of sp³-hybridized carbons (Fsp3) is 0.429. The van der Waals surface area contributed by atoms with E-state index in [1.165, 1.54) is 0 Å². The van der Waals surface area contributed by atoms with Gasteiger partial charge in [0.15, 0.2) is 0 Å². The minimum absolute atomic E-state index is 0.155. The summed E-state index contributed by atoms with van der Waals surface area (Å²) in [5.41, 5.74) is 7.55. The molecule has 0 saturated heterocycles. The molecule has 0 aliphatic carbocycles. The van der Waals surface area contributed by atoms with Crippen molar-refractivity contribution >= 4 is 34.9 Å². The molecule has 0 bridgehead atoms. The summed E-state index contributed by atoms with van der Waals surface area (Å²) in [5, 5.41) is -0.167. The second kappa shape index (κ2) is 8.17. The van der Waals surface area contributed by atoms with Crippen molar-refractivity contribution in [1.29, 1.82) is 0 Å². The number of thiocarbonyl (C=S) groups is 1. The third-order valence-corrected chi connectivity index (χ3v) is 3.92. The van der Waals surface area contributed by atoms with Crippen LogP contribution >= 0.6 is 24.0 Å². The summed E-state index contributed by atoms with van der Waals surface area (Å²) < 4.78 is 5.10. The predicted octanol–water partition coefficient (Wildman–Crippen LogP) is 2.90. The van der Waals surface area contributed by atoms with Gasteiger partial charge in [-0.25, -0.2) is 0 Å². The molecule has 1 unspecified atom stereocenters. The predicted molar refractivity (Wildman–Crippen MR) is 84.3 cm³/mol. The monoisotopic (exact) mass is 297 g/mol. The van der Waals surface area contributed by atoms with Crippen LogP contribution in [0.1, 0.15) is 31.4 Å². The maximum absolute atomic E-state index is 11.6. The molecule has 5 heteroatoms. The first-order valence-corrected chi connectivity index (χ1v) is 7.67. The van der Waals surface area contributed by atoms with Crippen molar-refractivity contribution in [3.05, 3.63) is 35.4 Å². The molecular formula is C14H19NO2S2. The average Bonchev–Trinajstić information content (AvgIpc) is 2.42. The van der Waals surface area contributed by atoms with Crippen LogP contribution in [0.2, 0.25) is 0 Å². The molecule has 0 spiro atoms. The van der Waals surface area contributed by atoms with Gasteiger partial charge in [0.25, 0.3) is 0 Å². The van der Waals surface area contributed by atoms with Crippen LogP contribution in [-0.2, 0) is 15.3 Å². The lowest BCUT2D eigenvalue weighted by atomic mass is 10.1. The minimum atomic E-state index is -0.167. The summed E-state index contributed by atoms with van der Waals surface area (Å²) >= 11 is 6.49. The fourth-order valence-electron chi connectivity index (χ4n) is 1.42. The van der Waals surface area contributed by atoms with E-state index in [0.717, 1.165) is 23.3 Å². The van der Waals surface area contributed by atoms with E-state index in [-0.39, 0.29) is 11.2 Å². The highest BCUT2D eigenvalue weighted by molar-refractivity contribution is 7.99. The van der Waals surface area contributed by atoms with Crippen LogP contribution in [0.25, 0.3) is 0 Å². The SMILES string of the molecule is CCCOC(=O)C(C)SCc1cccc(C(N)=S)c1. The van der Waals surface area contributed by atoms with E-state index < -0.39 is 0 Å². The fourth-order valence-corrected chi connectivity index (χ4v) is 2.38. The number of carbonyl (C=O) groups excluding carboxylic acids is 1. The molecule has 0 saturated carbocycles. The number of hydrogen-bond donors (Lipinski definition) is 1. The summed E-state index contributed by atoms with van der Waals surface area (Å²) in [6.45, 7) is 4.33. The number of hydrogen-bond acceptors (Lipinski definition) is 4. The molecule has 0 heterocycles. The van der Waals surface area contributed by atoms with Crippen molar-refractivity contribution in [3.63, 3.8) is 0 Å². The van der Waals surface area contributed by atoms with Gasteiger partial charge in [0, 0.05) is 11.3 Å². The molecule has 1 aromatic carbocycles. The number of esters is 1. The number of carbonyl (C=O) groups is 1. The van der Waals surface area contributed by atoms with Crippen LogP contribution < -0.4 is 5.73 Å². The van der Waals surface area contributed by atoms with Crippen LogP contribution in [0.4, 0.5) is 0 Å². The van der Waals surface area contributed by atoms with Crippen molar-refractivity contribution in [3.8, 4) is 0 Å². The number of thioether (sulfide) groups is 1. The summed E-state index contributed by atoms with van der Waals surface area (Å²) in [4.78, 5) is 12.0. The van der Waals surface area contributed by atoms with Gasteiger partial charge in [0.1, 0.15) is 4.99 Å². The van der Waals surface area contributed by atoms with E-state index in [9.17, 15) is 4.79 Å². The molecule has 1 aromatic rings. The number of nitrogens with two attached hydrogens (primary N) is 1. The summed E-state index contributed by atoms with van der Waals surface area (Å²) in [7, 11) is 0. The Hall–Kier alpha value is -1.07. The first kappa shape index (κ1) is 16.0. The van der Waals surface area contributed by atoms with Crippen LogP contribution in [0, 0.1) is 0 Å². The lowest BCUT2D eigenvalue weighted by Gasteiger charge is -2.11. The maximum Gasteiger partial charge on any atom is 0.318 e. The standard InChI is InChI=1S/C14H19NO2S2/c1-3-7-17-14(16)10(2)19-9-11-5-4-6-12(8-11)13(15)18/h4-6,8,10H,3,7,9H2,1-2H3,(H2,15,18). The zero-order chi connectivity index (χ0) is 14.3. The molecule has 0 aliphatic rings. The zero-order valence-electron chi connectivity index (χ0n) is 11.2. The van der Waals surface area contributed by atoms with E-state index in [1.807, 2.05) is 38.1 Å². The Morgan fingerprint density at radius 2 is 2.26 bits per heavy atom. The lowest BCUT2D eigenvalue weighted by Crippen LogP contribution is -2.17. The van der Waals surface area contributed by atoms with Gasteiger partial charge in [-0.05, 0) is 25.0 Å². The van der Waals surface area contributed by atoms with Crippen LogP contribution in [-0.4, -0.2) is 22.8 Å². The number of benzene rings is 1. The lowest BCUT2D eigenvalue weighted by molar-refractivity contribution is -0.142. The molecule has 0 aromatic heterocycles. The third kappa shape index (κ3) is 5.61. The van der Waals surface area contributed by atoms with Gasteiger partial charge in [-0.15, -0.1) is 11.8 Å². The molecule has 104 valence electrons. The van der Waals surface area contributed by atoms with Gasteiger partial charge in [0.05, 0.1) is 11.9 Å². The van der Waals surface area contributed by atoms with Gasteiger partial charge in [-0.2, -0.15) is 0 Å². The van der Waals surface area contributed by atoms with Gasteiger partial charge in [-0.3, -0.25) is 4.79 Å². The molecular weight excluding hydrogens is 278 g/mol. The van der Waals surface area contributed by atoms with Crippen LogP contribution in [0.3, 0.4) is 0 Å². The Kier molecular flexibility index (Phi) is 6.87. The molecule has 0 amide bonds. The molecule has 0 radical (unpaired) electrons. The molecule has 2 N–H and O–H groups in total. The van der Waals surface area contributed by atoms with Crippen molar-refractivity contribution in [2.75, 3.05) is 6.61 Å². The normalized spacial score (nSPS) is 11.9. The van der Waals surface area contributed by atoms with Crippen molar-refractivity contribution in [2.24, 2.45) is 5.73 Å². The molecule has 1 rings (SSSR count). The van der Waals surface area contributed by atoms with Gasteiger partial charge in [0.2, 0.25) is 0 Å². The quantitative estimate of drug-likeness (QED) is 0.619. The molecule has 3 nitrogen and oxygen atoms in total. The largest absolute Gasteiger partial charge is 0.465 e. The Morgan fingerprint density at radius 3 is 2.89 bits per heavy atom.